The minimum absolute atomic E-state index is 0.679. The summed E-state index contributed by atoms with van der Waals surface area (Å²) in [4.78, 5) is 9.54. The van der Waals surface area contributed by atoms with Gasteiger partial charge in [0.05, 0.1) is 5.56 Å². The summed E-state index contributed by atoms with van der Waals surface area (Å²) in [5.41, 5.74) is 3.95. The van der Waals surface area contributed by atoms with Gasteiger partial charge in [0.15, 0.2) is 17.4 Å². The molecule has 30 heavy (non-hydrogen) atoms. The van der Waals surface area contributed by atoms with Crippen LogP contribution in [-0.2, 0) is 0 Å². The highest BCUT2D eigenvalue weighted by Gasteiger charge is 2.25. The van der Waals surface area contributed by atoms with Crippen LogP contribution in [0.2, 0.25) is 0 Å². The van der Waals surface area contributed by atoms with Gasteiger partial charge in [0.2, 0.25) is 5.76 Å². The van der Waals surface area contributed by atoms with E-state index in [0.29, 0.717) is 5.76 Å². The van der Waals surface area contributed by atoms with Crippen LogP contribution in [0.5, 0.6) is 0 Å². The van der Waals surface area contributed by atoms with E-state index < -0.39 is 0 Å². The highest BCUT2D eigenvalue weighted by molar-refractivity contribution is 6.09. The zero-order valence-corrected chi connectivity index (χ0v) is 19.2. The van der Waals surface area contributed by atoms with E-state index in [2.05, 4.69) is 74.7 Å². The first-order valence-corrected chi connectivity index (χ1v) is 11.3. The number of aryl methyl sites for hydroxylation is 1. The SMILES string of the molecule is CCCN=C(NCCC)c1noc(C(=NCCC)NCCC)c1-c1ccc(C)cc1. The van der Waals surface area contributed by atoms with E-state index in [1.54, 1.807) is 0 Å². The van der Waals surface area contributed by atoms with Gasteiger partial charge in [0, 0.05) is 26.2 Å². The van der Waals surface area contributed by atoms with Crippen LogP contribution in [0.1, 0.15) is 70.4 Å². The molecule has 1 aromatic carbocycles. The maximum Gasteiger partial charge on any atom is 0.209 e. The Morgan fingerprint density at radius 1 is 0.833 bits per heavy atom. The van der Waals surface area contributed by atoms with Crippen molar-refractivity contribution in [3.05, 3.63) is 41.3 Å². The van der Waals surface area contributed by atoms with Crippen LogP contribution in [0.4, 0.5) is 0 Å². The predicted octanol–water partition coefficient (Wildman–Crippen LogP) is 4.96. The van der Waals surface area contributed by atoms with Crippen molar-refractivity contribution in [3.63, 3.8) is 0 Å². The third-order valence-corrected chi connectivity index (χ3v) is 4.54. The van der Waals surface area contributed by atoms with Crippen molar-refractivity contribution < 1.29 is 4.52 Å². The van der Waals surface area contributed by atoms with Gasteiger partial charge in [-0.1, -0.05) is 62.7 Å². The van der Waals surface area contributed by atoms with Crippen LogP contribution in [0, 0.1) is 6.92 Å². The fourth-order valence-corrected chi connectivity index (χ4v) is 2.96. The Morgan fingerprint density at radius 3 is 1.97 bits per heavy atom. The molecule has 0 unspecified atom stereocenters. The summed E-state index contributed by atoms with van der Waals surface area (Å²) >= 11 is 0. The molecule has 0 aliphatic heterocycles. The fourth-order valence-electron chi connectivity index (χ4n) is 2.96. The van der Waals surface area contributed by atoms with Crippen LogP contribution >= 0.6 is 0 Å². The van der Waals surface area contributed by atoms with Gasteiger partial charge in [0.25, 0.3) is 0 Å². The zero-order valence-electron chi connectivity index (χ0n) is 19.2. The highest BCUT2D eigenvalue weighted by atomic mass is 16.5. The van der Waals surface area contributed by atoms with Crippen molar-refractivity contribution in [2.75, 3.05) is 26.2 Å². The Labute approximate surface area is 181 Å². The first kappa shape index (κ1) is 23.6. The van der Waals surface area contributed by atoms with Gasteiger partial charge in [-0.3, -0.25) is 9.98 Å². The number of hydrogen-bond acceptors (Lipinski definition) is 4. The number of hydrogen-bond donors (Lipinski definition) is 2. The van der Waals surface area contributed by atoms with Crippen LogP contribution in [0.15, 0.2) is 38.8 Å². The lowest BCUT2D eigenvalue weighted by Gasteiger charge is -2.11. The molecule has 164 valence electrons. The van der Waals surface area contributed by atoms with Crippen molar-refractivity contribution >= 4 is 11.7 Å². The summed E-state index contributed by atoms with van der Waals surface area (Å²) in [7, 11) is 0. The third-order valence-electron chi connectivity index (χ3n) is 4.54. The number of amidine groups is 2. The average molecular weight is 412 g/mol. The van der Waals surface area contributed by atoms with Gasteiger partial charge in [0.1, 0.15) is 0 Å². The second kappa shape index (κ2) is 12.8. The standard InChI is InChI=1S/C24H37N5O/c1-6-14-25-23(26-15-7-2)21-20(19-12-10-18(5)11-13-19)22(30-29-21)24(27-16-8-3)28-17-9-4/h10-13H,6-9,14-17H2,1-5H3,(H,25,26)(H,27,28). The van der Waals surface area contributed by atoms with Crippen molar-refractivity contribution in [1.29, 1.82) is 0 Å². The molecule has 0 atom stereocenters. The Balaban J connectivity index is 2.63. The van der Waals surface area contributed by atoms with E-state index >= 15 is 0 Å². The van der Waals surface area contributed by atoms with E-state index in [9.17, 15) is 0 Å². The second-order valence-corrected chi connectivity index (χ2v) is 7.42. The molecule has 0 saturated heterocycles. The van der Waals surface area contributed by atoms with E-state index in [4.69, 9.17) is 14.5 Å². The molecule has 2 rings (SSSR count). The van der Waals surface area contributed by atoms with E-state index in [-0.39, 0.29) is 0 Å². The molecule has 6 nitrogen and oxygen atoms in total. The molecule has 2 aromatic rings. The van der Waals surface area contributed by atoms with Gasteiger partial charge in [-0.25, -0.2) is 0 Å². The van der Waals surface area contributed by atoms with Crippen molar-refractivity contribution in [3.8, 4) is 11.1 Å². The topological polar surface area (TPSA) is 74.8 Å². The van der Waals surface area contributed by atoms with Crippen LogP contribution in [0.3, 0.4) is 0 Å². The lowest BCUT2D eigenvalue weighted by molar-refractivity contribution is 0.409. The molecular formula is C24H37N5O. The Kier molecular flexibility index (Phi) is 10.1. The van der Waals surface area contributed by atoms with Gasteiger partial charge in [-0.2, -0.15) is 0 Å². The molecule has 0 radical (unpaired) electrons. The van der Waals surface area contributed by atoms with Crippen LogP contribution < -0.4 is 10.6 Å². The fraction of sp³-hybridized carbons (Fsp3) is 0.542. The lowest BCUT2D eigenvalue weighted by Crippen LogP contribution is -2.28. The first-order chi connectivity index (χ1) is 14.7. The molecule has 0 amide bonds. The number of benzene rings is 1. The number of aliphatic imine (C=N–C) groups is 2. The smallest absolute Gasteiger partial charge is 0.209 e. The van der Waals surface area contributed by atoms with Crippen molar-refractivity contribution in [1.82, 2.24) is 15.8 Å². The van der Waals surface area contributed by atoms with E-state index in [1.807, 2.05) is 0 Å². The molecule has 0 bridgehead atoms. The monoisotopic (exact) mass is 411 g/mol. The molecular weight excluding hydrogens is 374 g/mol. The van der Waals surface area contributed by atoms with E-state index in [1.165, 1.54) is 5.56 Å². The molecule has 1 aromatic heterocycles. The summed E-state index contributed by atoms with van der Waals surface area (Å²) in [6.07, 6.45) is 3.97. The van der Waals surface area contributed by atoms with Gasteiger partial charge in [-0.05, 0) is 38.2 Å². The minimum Gasteiger partial charge on any atom is -0.368 e. The molecule has 6 heteroatoms. The number of aromatic nitrogens is 1. The number of rotatable bonds is 11. The second-order valence-electron chi connectivity index (χ2n) is 7.42. The van der Waals surface area contributed by atoms with Crippen molar-refractivity contribution in [2.24, 2.45) is 9.98 Å². The minimum atomic E-state index is 0.679. The average Bonchev–Trinajstić information content (AvgIpc) is 3.19. The Hall–Kier alpha value is -2.63. The molecule has 1 heterocycles. The summed E-state index contributed by atoms with van der Waals surface area (Å²) in [6, 6.07) is 8.45. The Bertz CT molecular complexity index is 775. The number of nitrogens with one attached hydrogen (secondary N) is 2. The van der Waals surface area contributed by atoms with Crippen LogP contribution in [0.25, 0.3) is 11.1 Å². The third kappa shape index (κ3) is 6.44. The molecule has 0 spiro atoms. The largest absolute Gasteiger partial charge is 0.368 e. The molecule has 0 aliphatic rings. The predicted molar refractivity (Wildman–Crippen MR) is 127 cm³/mol. The molecule has 0 fully saturated rings. The maximum atomic E-state index is 5.91. The van der Waals surface area contributed by atoms with Crippen molar-refractivity contribution in [2.45, 2.75) is 60.3 Å². The lowest BCUT2D eigenvalue weighted by atomic mass is 10.0. The normalized spacial score (nSPS) is 12.3. The molecule has 0 aliphatic carbocycles. The first-order valence-electron chi connectivity index (χ1n) is 11.3. The van der Waals surface area contributed by atoms with Gasteiger partial charge < -0.3 is 15.2 Å². The highest BCUT2D eigenvalue weighted by Crippen LogP contribution is 2.29. The Morgan fingerprint density at radius 2 is 1.40 bits per heavy atom. The molecule has 2 N–H and O–H groups in total. The van der Waals surface area contributed by atoms with Crippen LogP contribution in [-0.4, -0.2) is 43.0 Å². The summed E-state index contributed by atoms with van der Waals surface area (Å²) in [6.45, 7) is 13.8. The maximum absolute atomic E-state index is 5.91. The summed E-state index contributed by atoms with van der Waals surface area (Å²) in [5.74, 6) is 2.23. The quantitative estimate of drug-likeness (QED) is 0.405. The summed E-state index contributed by atoms with van der Waals surface area (Å²) < 4.78 is 5.91. The van der Waals surface area contributed by atoms with Gasteiger partial charge in [-0.15, -0.1) is 0 Å². The zero-order chi connectivity index (χ0) is 21.8. The van der Waals surface area contributed by atoms with Gasteiger partial charge >= 0.3 is 0 Å². The number of nitrogens with zero attached hydrogens (tertiary/aromatic N) is 3. The summed E-state index contributed by atoms with van der Waals surface area (Å²) in [5, 5.41) is 11.4. The molecule has 0 saturated carbocycles. The van der Waals surface area contributed by atoms with E-state index in [0.717, 1.165) is 80.4 Å².